The van der Waals surface area contributed by atoms with E-state index in [9.17, 15) is 34.7 Å². The molecule has 2 aromatic heterocycles. The third-order valence-electron chi connectivity index (χ3n) is 7.58. The number of rotatable bonds is 9. The van der Waals surface area contributed by atoms with Crippen LogP contribution in [0.5, 0.6) is 5.75 Å². The summed E-state index contributed by atoms with van der Waals surface area (Å²) in [5.41, 5.74) is -1.78. The normalized spacial score (nSPS) is 18.4. The molecular formula is C33H33N3O11. The molecule has 0 bridgehead atoms. The van der Waals surface area contributed by atoms with Crippen molar-refractivity contribution in [1.82, 2.24) is 9.55 Å². The van der Waals surface area contributed by atoms with Crippen molar-refractivity contribution >= 4 is 16.7 Å². The van der Waals surface area contributed by atoms with Crippen LogP contribution in [0, 0.1) is 27.4 Å². The Morgan fingerprint density at radius 2 is 1.91 bits per heavy atom. The Morgan fingerprint density at radius 3 is 2.62 bits per heavy atom. The maximum absolute atomic E-state index is 12.7. The van der Waals surface area contributed by atoms with E-state index in [1.54, 1.807) is 36.4 Å². The first-order valence-electron chi connectivity index (χ1n) is 14.7. The van der Waals surface area contributed by atoms with E-state index in [0.717, 1.165) is 9.95 Å². The number of nitrogens with one attached hydrogen (secondary N) is 1. The number of ether oxygens (including phenoxy) is 3. The van der Waals surface area contributed by atoms with Gasteiger partial charge in [0.15, 0.2) is 0 Å². The molecule has 3 heterocycles. The Kier molecular flexibility index (Phi) is 9.73. The minimum Gasteiger partial charge on any atom is -0.481 e. The van der Waals surface area contributed by atoms with Gasteiger partial charge in [-0.05, 0) is 35.7 Å². The molecule has 47 heavy (non-hydrogen) atoms. The lowest BCUT2D eigenvalue weighted by atomic mass is 9.83. The molecule has 4 atom stereocenters. The molecule has 0 radical (unpaired) electrons. The smallest absolute Gasteiger partial charge is 0.336 e. The molecule has 1 fully saturated rings. The number of H-pyrrole nitrogens is 1. The van der Waals surface area contributed by atoms with E-state index in [1.165, 1.54) is 18.3 Å². The predicted octanol–water partition coefficient (Wildman–Crippen LogP) is 2.93. The number of benzene rings is 2. The highest BCUT2D eigenvalue weighted by Crippen LogP contribution is 2.41. The molecular weight excluding hydrogens is 614 g/mol. The highest BCUT2D eigenvalue weighted by molar-refractivity contribution is 5.77. The monoisotopic (exact) mass is 647 g/mol. The fourth-order valence-electron chi connectivity index (χ4n) is 5.26. The Labute approximate surface area is 267 Å². The third kappa shape index (κ3) is 7.67. The number of nitrogens with zero attached hydrogens (tertiary/aromatic N) is 2. The van der Waals surface area contributed by atoms with Gasteiger partial charge in [0.05, 0.1) is 41.5 Å². The fourth-order valence-corrected chi connectivity index (χ4v) is 5.26. The molecule has 3 N–H and O–H groups in total. The second-order valence-electron chi connectivity index (χ2n) is 12.1. The summed E-state index contributed by atoms with van der Waals surface area (Å²) in [6.07, 6.45) is -2.35. The van der Waals surface area contributed by atoms with Crippen molar-refractivity contribution in [2.45, 2.75) is 58.3 Å². The van der Waals surface area contributed by atoms with Gasteiger partial charge in [-0.25, -0.2) is 9.59 Å². The van der Waals surface area contributed by atoms with Crippen LogP contribution in [0.15, 0.2) is 73.5 Å². The van der Waals surface area contributed by atoms with Crippen LogP contribution in [0.1, 0.15) is 56.2 Å². The van der Waals surface area contributed by atoms with E-state index in [2.05, 4.69) is 16.8 Å². The van der Waals surface area contributed by atoms with Crippen LogP contribution in [-0.4, -0.2) is 50.1 Å². The van der Waals surface area contributed by atoms with Gasteiger partial charge in [0, 0.05) is 41.8 Å². The summed E-state index contributed by atoms with van der Waals surface area (Å²) in [6.45, 7) is 4.72. The number of nitro benzene ring substituents is 1. The maximum atomic E-state index is 12.7. The summed E-state index contributed by atoms with van der Waals surface area (Å²) in [7, 11) is 0. The van der Waals surface area contributed by atoms with Crippen molar-refractivity contribution in [3.8, 4) is 17.6 Å². The molecule has 1 unspecified atom stereocenters. The topological polar surface area (TPSA) is 196 Å². The first-order valence-corrected chi connectivity index (χ1v) is 14.7. The molecule has 246 valence electrons. The summed E-state index contributed by atoms with van der Waals surface area (Å²) in [5, 5.41) is 32.4. The summed E-state index contributed by atoms with van der Waals surface area (Å²) >= 11 is 0. The Hall–Kier alpha value is -5.07. The number of aromatic amines is 1. The van der Waals surface area contributed by atoms with Gasteiger partial charge in [0.2, 0.25) is 0 Å². The first kappa shape index (κ1) is 33.3. The van der Waals surface area contributed by atoms with Gasteiger partial charge >= 0.3 is 11.3 Å². The zero-order valence-corrected chi connectivity index (χ0v) is 25.8. The van der Waals surface area contributed by atoms with Crippen LogP contribution in [0.3, 0.4) is 0 Å². The number of aliphatic hydroxyl groups is 2. The number of fused-ring (bicyclic) bond motifs is 1. The summed E-state index contributed by atoms with van der Waals surface area (Å²) in [6, 6.07) is 12.5. The largest absolute Gasteiger partial charge is 0.481 e. The highest BCUT2D eigenvalue weighted by Gasteiger charge is 2.36. The molecule has 5 rings (SSSR count). The van der Waals surface area contributed by atoms with E-state index in [4.69, 9.17) is 18.6 Å². The zero-order chi connectivity index (χ0) is 33.9. The van der Waals surface area contributed by atoms with Gasteiger partial charge in [-0.2, -0.15) is 0 Å². The Balaban J connectivity index is 1.34. The average molecular weight is 648 g/mol. The van der Waals surface area contributed by atoms with Gasteiger partial charge in [-0.1, -0.05) is 32.6 Å². The van der Waals surface area contributed by atoms with Gasteiger partial charge in [0.1, 0.15) is 30.3 Å². The van der Waals surface area contributed by atoms with Gasteiger partial charge in [0.25, 0.3) is 11.2 Å². The van der Waals surface area contributed by atoms with E-state index in [1.807, 2.05) is 20.8 Å². The molecule has 1 saturated heterocycles. The summed E-state index contributed by atoms with van der Waals surface area (Å²) in [5.74, 6) is 6.12. The molecule has 2 aromatic carbocycles. The quantitative estimate of drug-likeness (QED) is 0.105. The van der Waals surface area contributed by atoms with Gasteiger partial charge in [-0.15, -0.1) is 0 Å². The van der Waals surface area contributed by atoms with Crippen molar-refractivity contribution in [3.05, 3.63) is 113 Å². The van der Waals surface area contributed by atoms with Crippen LogP contribution >= 0.6 is 0 Å². The molecule has 0 saturated carbocycles. The van der Waals surface area contributed by atoms with Crippen molar-refractivity contribution in [2.24, 2.45) is 5.41 Å². The van der Waals surface area contributed by atoms with Crippen LogP contribution in [0.2, 0.25) is 0 Å². The number of nitro groups is 1. The standard InChI is InChI=1S/C33H33N3O11/c1-33(2,3)30(45-18-21-16-35(32(41)34-31(21)40)28-15-25(38)27(17-37)46-28)23-10-6-19(13-24(23)36(42)43)5-4-12-44-22-9-7-20-8-11-29(39)47-26(20)14-22/h6-11,13-14,16,25,27-28,30,37-38H,12,15,17-18H2,1-3H3,(H,34,40,41)/t25-,27+,28+,30?/m0/s1. The molecule has 14 nitrogen and oxygen atoms in total. The molecule has 0 aliphatic carbocycles. The molecule has 4 aromatic rings. The highest BCUT2D eigenvalue weighted by atomic mass is 16.6. The minimum atomic E-state index is -0.996. The van der Waals surface area contributed by atoms with Crippen molar-refractivity contribution in [3.63, 3.8) is 0 Å². The molecule has 14 heteroatoms. The van der Waals surface area contributed by atoms with Gasteiger partial charge < -0.3 is 28.8 Å². The third-order valence-corrected chi connectivity index (χ3v) is 7.58. The lowest BCUT2D eigenvalue weighted by Crippen LogP contribution is -2.35. The van der Waals surface area contributed by atoms with Crippen LogP contribution in [-0.2, 0) is 16.1 Å². The van der Waals surface area contributed by atoms with Crippen molar-refractivity contribution in [2.75, 3.05) is 13.2 Å². The van der Waals surface area contributed by atoms with E-state index in [0.29, 0.717) is 16.9 Å². The number of aromatic nitrogens is 2. The van der Waals surface area contributed by atoms with E-state index >= 15 is 0 Å². The minimum absolute atomic E-state index is 0.0264. The van der Waals surface area contributed by atoms with Crippen molar-refractivity contribution in [1.29, 1.82) is 0 Å². The maximum Gasteiger partial charge on any atom is 0.336 e. The summed E-state index contributed by atoms with van der Waals surface area (Å²) in [4.78, 5) is 50.5. The molecule has 0 spiro atoms. The summed E-state index contributed by atoms with van der Waals surface area (Å²) < 4.78 is 23.6. The molecule has 1 aliphatic heterocycles. The predicted molar refractivity (Wildman–Crippen MR) is 168 cm³/mol. The SMILES string of the molecule is CC(C)(C)C(OCc1cn([C@H]2C[C@H](O)[C@@H](CO)O2)c(=O)[nH]c1=O)c1ccc(C#CCOc2ccc3ccc(=O)oc3c2)cc1[N+](=O)[O-]. The number of hydrogen-bond donors (Lipinski definition) is 3. The van der Waals surface area contributed by atoms with Crippen LogP contribution in [0.4, 0.5) is 5.69 Å². The second kappa shape index (κ2) is 13.7. The van der Waals surface area contributed by atoms with Crippen LogP contribution < -0.4 is 21.6 Å². The second-order valence-corrected chi connectivity index (χ2v) is 12.1. The van der Waals surface area contributed by atoms with Gasteiger partial charge in [-0.3, -0.25) is 24.5 Å². The molecule has 1 aliphatic rings. The number of aliphatic hydroxyl groups excluding tert-OH is 2. The lowest BCUT2D eigenvalue weighted by molar-refractivity contribution is -0.386. The Morgan fingerprint density at radius 1 is 1.15 bits per heavy atom. The van der Waals surface area contributed by atoms with E-state index in [-0.39, 0.29) is 36.4 Å². The number of hydrogen-bond acceptors (Lipinski definition) is 11. The van der Waals surface area contributed by atoms with Crippen molar-refractivity contribution < 1.29 is 33.8 Å². The average Bonchev–Trinajstić information content (AvgIpc) is 3.39. The Bertz CT molecular complexity index is 2030. The first-order chi connectivity index (χ1) is 22.3. The van der Waals surface area contributed by atoms with Crippen LogP contribution in [0.25, 0.3) is 11.0 Å². The van der Waals surface area contributed by atoms with E-state index < -0.39 is 58.4 Å². The lowest BCUT2D eigenvalue weighted by Gasteiger charge is -2.31. The molecule has 0 amide bonds. The fraction of sp³-hybridized carbons (Fsp3) is 0.364. The zero-order valence-electron chi connectivity index (χ0n) is 25.8.